The van der Waals surface area contributed by atoms with Gasteiger partial charge in [-0.05, 0) is 31.4 Å². The molecule has 0 aromatic heterocycles. The molecule has 0 aliphatic heterocycles. The second kappa shape index (κ2) is 5.45. The van der Waals surface area contributed by atoms with Gasteiger partial charge in [0, 0.05) is 21.6 Å². The number of halogens is 1. The van der Waals surface area contributed by atoms with E-state index in [1.54, 1.807) is 0 Å². The Morgan fingerprint density at radius 2 is 2.24 bits per heavy atom. The molecule has 0 unspecified atom stereocenters. The van der Waals surface area contributed by atoms with E-state index < -0.39 is 0 Å². The third kappa shape index (κ3) is 3.26. The van der Waals surface area contributed by atoms with Crippen LogP contribution in [0.15, 0.2) is 23.1 Å². The molecule has 0 radical (unpaired) electrons. The number of rotatable bonds is 5. The van der Waals surface area contributed by atoms with Gasteiger partial charge in [-0.15, -0.1) is 11.8 Å². The van der Waals surface area contributed by atoms with Crippen molar-refractivity contribution in [1.82, 2.24) is 0 Å². The lowest BCUT2D eigenvalue weighted by molar-refractivity contribution is 0.0927. The largest absolute Gasteiger partial charge is 0.294 e. The van der Waals surface area contributed by atoms with Gasteiger partial charge in [0.25, 0.3) is 0 Å². The van der Waals surface area contributed by atoms with Gasteiger partial charge in [0.2, 0.25) is 0 Å². The minimum absolute atomic E-state index is 0.0769. The molecule has 3 heteroatoms. The van der Waals surface area contributed by atoms with Crippen LogP contribution in [0.25, 0.3) is 0 Å². The third-order valence-corrected chi connectivity index (χ3v) is 4.93. The first-order valence-corrected chi connectivity index (χ1v) is 7.38. The summed E-state index contributed by atoms with van der Waals surface area (Å²) < 4.78 is 0. The first-order chi connectivity index (χ1) is 8.11. The molecule has 0 heterocycles. The summed E-state index contributed by atoms with van der Waals surface area (Å²) in [5.74, 6) is 0.269. The van der Waals surface area contributed by atoms with Crippen LogP contribution in [0.5, 0.6) is 0 Å². The van der Waals surface area contributed by atoms with Crippen molar-refractivity contribution < 1.29 is 4.79 Å². The molecule has 1 saturated carbocycles. The fourth-order valence-corrected chi connectivity index (χ4v) is 2.95. The number of carbonyl (C=O) groups excluding carboxylic acids is 1. The molecule has 1 atom stereocenters. The van der Waals surface area contributed by atoms with E-state index in [1.165, 1.54) is 12.8 Å². The molecule has 17 heavy (non-hydrogen) atoms. The molecule has 0 amide bonds. The highest BCUT2D eigenvalue weighted by Gasteiger charge is 2.24. The van der Waals surface area contributed by atoms with Crippen LogP contribution in [0.3, 0.4) is 0 Å². The Kier molecular flexibility index (Phi) is 4.16. The summed E-state index contributed by atoms with van der Waals surface area (Å²) in [6.07, 6.45) is 3.44. The number of hydrogen-bond acceptors (Lipinski definition) is 2. The van der Waals surface area contributed by atoms with E-state index in [0.29, 0.717) is 0 Å². The van der Waals surface area contributed by atoms with Crippen LogP contribution < -0.4 is 0 Å². The quantitative estimate of drug-likeness (QED) is 0.712. The molecule has 0 spiro atoms. The maximum Gasteiger partial charge on any atom is 0.165 e. The minimum atomic E-state index is 0.0769. The molecule has 1 aromatic carbocycles. The van der Waals surface area contributed by atoms with E-state index in [9.17, 15) is 4.79 Å². The lowest BCUT2D eigenvalue weighted by Gasteiger charge is -2.09. The molecule has 1 aliphatic carbocycles. The molecule has 2 rings (SSSR count). The van der Waals surface area contributed by atoms with Gasteiger partial charge in [0.15, 0.2) is 5.78 Å². The summed E-state index contributed by atoms with van der Waals surface area (Å²) in [5.41, 5.74) is 0.740. The van der Waals surface area contributed by atoms with Crippen LogP contribution >= 0.6 is 23.4 Å². The predicted molar refractivity (Wildman–Crippen MR) is 74.1 cm³/mol. The molecule has 92 valence electrons. The lowest BCUT2D eigenvalue weighted by Crippen LogP contribution is -2.10. The lowest BCUT2D eigenvalue weighted by atomic mass is 9.97. The Balaban J connectivity index is 2.14. The van der Waals surface area contributed by atoms with Crippen LogP contribution in [-0.2, 0) is 0 Å². The van der Waals surface area contributed by atoms with Gasteiger partial charge in [-0.2, -0.15) is 0 Å². The number of carbonyl (C=O) groups is 1. The van der Waals surface area contributed by atoms with Crippen LogP contribution in [0.4, 0.5) is 0 Å². The zero-order valence-corrected chi connectivity index (χ0v) is 11.8. The topological polar surface area (TPSA) is 17.1 Å². The predicted octanol–water partition coefficient (Wildman–Crippen LogP) is 4.82. The van der Waals surface area contributed by atoms with Crippen LogP contribution in [0.1, 0.15) is 43.5 Å². The number of thioether (sulfide) groups is 1. The maximum atomic E-state index is 12.0. The second-order valence-electron chi connectivity index (χ2n) is 4.64. The highest BCUT2D eigenvalue weighted by molar-refractivity contribution is 8.00. The molecule has 0 N–H and O–H groups in total. The molecule has 0 saturated heterocycles. The van der Waals surface area contributed by atoms with Crippen molar-refractivity contribution >= 4 is 29.1 Å². The third-order valence-electron chi connectivity index (χ3n) is 3.09. The Hall–Kier alpha value is -0.470. The van der Waals surface area contributed by atoms with Crippen molar-refractivity contribution in [3.8, 4) is 0 Å². The monoisotopic (exact) mass is 268 g/mol. The summed E-state index contributed by atoms with van der Waals surface area (Å²) in [7, 11) is 0. The SMILES string of the molecule is CC[C@@H](C)C(=O)c1ccc(SC2CC2)c(Cl)c1. The van der Waals surface area contributed by atoms with Crippen LogP contribution in [0.2, 0.25) is 5.02 Å². The van der Waals surface area contributed by atoms with Gasteiger partial charge in [-0.1, -0.05) is 31.5 Å². The molecule has 1 fully saturated rings. The van der Waals surface area contributed by atoms with Gasteiger partial charge in [-0.25, -0.2) is 0 Å². The van der Waals surface area contributed by atoms with Gasteiger partial charge in [0.1, 0.15) is 0 Å². The van der Waals surface area contributed by atoms with E-state index in [4.69, 9.17) is 11.6 Å². The Morgan fingerprint density at radius 1 is 1.53 bits per heavy atom. The highest BCUT2D eigenvalue weighted by Crippen LogP contribution is 2.42. The Bertz CT molecular complexity index is 426. The average Bonchev–Trinajstić information content (AvgIpc) is 3.13. The maximum absolute atomic E-state index is 12.0. The van der Waals surface area contributed by atoms with Crippen LogP contribution in [-0.4, -0.2) is 11.0 Å². The van der Waals surface area contributed by atoms with Crippen molar-refractivity contribution in [2.75, 3.05) is 0 Å². The first kappa shape index (κ1) is 13.0. The van der Waals surface area contributed by atoms with Crippen molar-refractivity contribution in [2.45, 2.75) is 43.3 Å². The van der Waals surface area contributed by atoms with Gasteiger partial charge >= 0.3 is 0 Å². The fourth-order valence-electron chi connectivity index (χ4n) is 1.59. The highest BCUT2D eigenvalue weighted by atomic mass is 35.5. The summed E-state index contributed by atoms with van der Waals surface area (Å²) in [6.45, 7) is 3.99. The molecular weight excluding hydrogens is 252 g/mol. The van der Waals surface area contributed by atoms with Crippen molar-refractivity contribution in [1.29, 1.82) is 0 Å². The number of ketones is 1. The summed E-state index contributed by atoms with van der Waals surface area (Å²) in [6, 6.07) is 5.72. The number of benzene rings is 1. The normalized spacial score (nSPS) is 16.9. The Morgan fingerprint density at radius 3 is 2.76 bits per heavy atom. The van der Waals surface area contributed by atoms with Gasteiger partial charge in [0.05, 0.1) is 5.02 Å². The van der Waals surface area contributed by atoms with E-state index >= 15 is 0 Å². The molecular formula is C14H17ClOS. The first-order valence-electron chi connectivity index (χ1n) is 6.12. The summed E-state index contributed by atoms with van der Waals surface area (Å²) >= 11 is 8.05. The summed E-state index contributed by atoms with van der Waals surface area (Å²) in [4.78, 5) is 13.1. The van der Waals surface area contributed by atoms with Crippen molar-refractivity contribution in [3.05, 3.63) is 28.8 Å². The number of Topliss-reactive ketones (excluding diaryl/α,β-unsaturated/α-hetero) is 1. The molecule has 1 nitrogen and oxygen atoms in total. The fraction of sp³-hybridized carbons (Fsp3) is 0.500. The van der Waals surface area contributed by atoms with Crippen LogP contribution in [0, 0.1) is 5.92 Å². The van der Waals surface area contributed by atoms with E-state index in [1.807, 2.05) is 43.8 Å². The van der Waals surface area contributed by atoms with Gasteiger partial charge in [-0.3, -0.25) is 4.79 Å². The summed E-state index contributed by atoms with van der Waals surface area (Å²) in [5, 5.41) is 1.46. The molecule has 0 bridgehead atoms. The zero-order chi connectivity index (χ0) is 12.4. The van der Waals surface area contributed by atoms with E-state index in [0.717, 1.165) is 27.2 Å². The molecule has 1 aliphatic rings. The average molecular weight is 269 g/mol. The van der Waals surface area contributed by atoms with Crippen molar-refractivity contribution in [2.24, 2.45) is 5.92 Å². The zero-order valence-electron chi connectivity index (χ0n) is 10.2. The second-order valence-corrected chi connectivity index (χ2v) is 6.39. The standard InChI is InChI=1S/C14H17ClOS/c1-3-9(2)14(16)10-4-7-13(12(15)8-10)17-11-5-6-11/h4,7-9,11H,3,5-6H2,1-2H3/t9-/m1/s1. The Labute approximate surface area is 112 Å². The van der Waals surface area contributed by atoms with E-state index in [2.05, 4.69) is 0 Å². The number of hydrogen-bond donors (Lipinski definition) is 0. The van der Waals surface area contributed by atoms with E-state index in [-0.39, 0.29) is 11.7 Å². The smallest absolute Gasteiger partial charge is 0.165 e. The van der Waals surface area contributed by atoms with Crippen molar-refractivity contribution in [3.63, 3.8) is 0 Å². The minimum Gasteiger partial charge on any atom is -0.294 e. The van der Waals surface area contributed by atoms with Gasteiger partial charge < -0.3 is 0 Å². The molecule has 1 aromatic rings.